The molecule has 0 aliphatic carbocycles. The van der Waals surface area contributed by atoms with E-state index in [4.69, 9.17) is 18.9 Å². The second-order valence-electron chi connectivity index (χ2n) is 11.0. The van der Waals surface area contributed by atoms with Gasteiger partial charge in [-0.2, -0.15) is 0 Å². The number of ether oxygens (including phenoxy) is 4. The van der Waals surface area contributed by atoms with Crippen LogP contribution in [-0.2, 0) is 18.9 Å². The minimum atomic E-state index is -1.69. The van der Waals surface area contributed by atoms with E-state index in [0.717, 1.165) is 19.3 Å². The van der Waals surface area contributed by atoms with Crippen molar-refractivity contribution in [3.05, 3.63) is 0 Å². The number of aliphatic hydroxyl groups excluding tert-OH is 7. The molecular formula is C28H54O11. The summed E-state index contributed by atoms with van der Waals surface area (Å²) < 4.78 is 22.1. The van der Waals surface area contributed by atoms with Crippen LogP contribution >= 0.6 is 0 Å². The van der Waals surface area contributed by atoms with Crippen LogP contribution in [0, 0.1) is 0 Å². The molecule has 4 unspecified atom stereocenters. The molecule has 0 aromatic carbocycles. The first-order valence-corrected chi connectivity index (χ1v) is 15.1. The zero-order chi connectivity index (χ0) is 28.6. The molecule has 0 aromatic heterocycles. The summed E-state index contributed by atoms with van der Waals surface area (Å²) in [5, 5.41) is 70.4. The third-order valence-corrected chi connectivity index (χ3v) is 7.74. The highest BCUT2D eigenvalue weighted by Crippen LogP contribution is 2.29. The molecule has 2 saturated heterocycles. The monoisotopic (exact) mass is 566 g/mol. The van der Waals surface area contributed by atoms with Gasteiger partial charge in [-0.1, -0.05) is 90.4 Å². The Labute approximate surface area is 233 Å². The van der Waals surface area contributed by atoms with Gasteiger partial charge in [0.2, 0.25) is 0 Å². The molecule has 39 heavy (non-hydrogen) atoms. The Hall–Kier alpha value is -0.440. The van der Waals surface area contributed by atoms with E-state index in [-0.39, 0.29) is 0 Å². The normalized spacial score (nSPS) is 35.4. The van der Waals surface area contributed by atoms with Gasteiger partial charge in [-0.25, -0.2) is 0 Å². The first-order valence-electron chi connectivity index (χ1n) is 15.1. The van der Waals surface area contributed by atoms with Gasteiger partial charge in [0.15, 0.2) is 12.6 Å². The van der Waals surface area contributed by atoms with Crippen LogP contribution in [0.5, 0.6) is 0 Å². The summed E-state index contributed by atoms with van der Waals surface area (Å²) in [6.07, 6.45) is 2.97. The maximum atomic E-state index is 10.6. The van der Waals surface area contributed by atoms with Gasteiger partial charge in [-0.15, -0.1) is 0 Å². The summed E-state index contributed by atoms with van der Waals surface area (Å²) in [4.78, 5) is 0. The molecule has 2 rings (SSSR count). The fourth-order valence-corrected chi connectivity index (χ4v) is 5.19. The average molecular weight is 567 g/mol. The molecule has 2 aliphatic heterocycles. The summed E-state index contributed by atoms with van der Waals surface area (Å²) in [6, 6.07) is 0. The predicted molar refractivity (Wildman–Crippen MR) is 143 cm³/mol. The molecule has 2 heterocycles. The largest absolute Gasteiger partial charge is 0.394 e. The molecule has 0 spiro atoms. The van der Waals surface area contributed by atoms with Gasteiger partial charge in [0.1, 0.15) is 48.8 Å². The lowest BCUT2D eigenvalue weighted by atomic mass is 9.97. The number of unbranched alkanes of at least 4 members (excludes halogenated alkanes) is 13. The zero-order valence-corrected chi connectivity index (χ0v) is 23.6. The van der Waals surface area contributed by atoms with Crippen molar-refractivity contribution in [1.82, 2.24) is 0 Å². The summed E-state index contributed by atoms with van der Waals surface area (Å²) in [7, 11) is 0. The quantitative estimate of drug-likeness (QED) is 0.105. The lowest BCUT2D eigenvalue weighted by molar-refractivity contribution is -0.359. The Morgan fingerprint density at radius 1 is 0.513 bits per heavy atom. The molecule has 2 aliphatic rings. The maximum Gasteiger partial charge on any atom is 0.187 e. The SMILES string of the molecule is CCCCCCCCCCCCCCCCO[C@@H]1OC(CO)[C@@H](O[C@H]2OC(CO)[C@@H](O)[C@@H](O)C2O)[C@@H](O)C1O. The summed E-state index contributed by atoms with van der Waals surface area (Å²) >= 11 is 0. The van der Waals surface area contributed by atoms with E-state index >= 15 is 0 Å². The molecule has 7 N–H and O–H groups in total. The second-order valence-corrected chi connectivity index (χ2v) is 11.0. The standard InChI is InChI=1S/C28H54O11/c1-2-3-4-5-6-7-8-9-10-11-12-13-14-15-16-36-27-25(35)23(33)26(20(18-30)38-27)39-28-24(34)22(32)21(31)19(17-29)37-28/h19-35H,2-18H2,1H3/t19?,20?,21-,22-,23+,24?,25?,26-,27-,28-/m1/s1. The van der Waals surface area contributed by atoms with E-state index in [9.17, 15) is 35.7 Å². The van der Waals surface area contributed by atoms with E-state index in [1.165, 1.54) is 70.6 Å². The molecule has 0 bridgehead atoms. The van der Waals surface area contributed by atoms with Crippen LogP contribution in [0.3, 0.4) is 0 Å². The molecule has 0 aromatic rings. The Bertz CT molecular complexity index is 608. The van der Waals surface area contributed by atoms with Crippen LogP contribution in [0.2, 0.25) is 0 Å². The maximum absolute atomic E-state index is 10.6. The van der Waals surface area contributed by atoms with E-state index in [1.807, 2.05) is 0 Å². The summed E-state index contributed by atoms with van der Waals surface area (Å²) in [5.41, 5.74) is 0. The highest BCUT2D eigenvalue weighted by Gasteiger charge is 2.50. The minimum Gasteiger partial charge on any atom is -0.394 e. The predicted octanol–water partition coefficient (Wildman–Crippen LogP) is 1.11. The average Bonchev–Trinajstić information content (AvgIpc) is 2.94. The van der Waals surface area contributed by atoms with E-state index in [2.05, 4.69) is 6.92 Å². The molecule has 0 amide bonds. The van der Waals surface area contributed by atoms with Gasteiger partial charge in [0.05, 0.1) is 13.2 Å². The Morgan fingerprint density at radius 2 is 0.974 bits per heavy atom. The Morgan fingerprint density at radius 3 is 1.49 bits per heavy atom. The fourth-order valence-electron chi connectivity index (χ4n) is 5.19. The van der Waals surface area contributed by atoms with Crippen molar-refractivity contribution in [3.8, 4) is 0 Å². The van der Waals surface area contributed by atoms with Crippen molar-refractivity contribution in [2.45, 2.75) is 158 Å². The molecule has 0 radical (unpaired) electrons. The summed E-state index contributed by atoms with van der Waals surface area (Å²) in [5.74, 6) is 0. The van der Waals surface area contributed by atoms with Gasteiger partial charge in [-0.05, 0) is 6.42 Å². The highest BCUT2D eigenvalue weighted by molar-refractivity contribution is 4.94. The molecular weight excluding hydrogens is 512 g/mol. The van der Waals surface area contributed by atoms with Crippen LogP contribution in [0.1, 0.15) is 96.8 Å². The molecule has 11 heteroatoms. The third-order valence-electron chi connectivity index (χ3n) is 7.74. The first kappa shape index (κ1) is 34.8. The van der Waals surface area contributed by atoms with Crippen LogP contribution in [-0.4, -0.2) is 117 Å². The van der Waals surface area contributed by atoms with E-state index < -0.39 is 74.6 Å². The van der Waals surface area contributed by atoms with Gasteiger partial charge < -0.3 is 54.7 Å². The van der Waals surface area contributed by atoms with Crippen LogP contribution in [0.15, 0.2) is 0 Å². The van der Waals surface area contributed by atoms with Gasteiger partial charge in [-0.3, -0.25) is 0 Å². The lowest BCUT2D eigenvalue weighted by Gasteiger charge is -2.45. The van der Waals surface area contributed by atoms with E-state index in [1.54, 1.807) is 0 Å². The van der Waals surface area contributed by atoms with Gasteiger partial charge in [0, 0.05) is 6.61 Å². The van der Waals surface area contributed by atoms with Gasteiger partial charge >= 0.3 is 0 Å². The third kappa shape index (κ3) is 11.4. The second kappa shape index (κ2) is 19.6. The molecule has 232 valence electrons. The van der Waals surface area contributed by atoms with Crippen molar-refractivity contribution in [3.63, 3.8) is 0 Å². The fraction of sp³-hybridized carbons (Fsp3) is 1.00. The number of rotatable bonds is 20. The molecule has 10 atom stereocenters. The summed E-state index contributed by atoms with van der Waals surface area (Å²) in [6.45, 7) is 1.34. The molecule has 0 saturated carbocycles. The smallest absolute Gasteiger partial charge is 0.187 e. The zero-order valence-electron chi connectivity index (χ0n) is 23.6. The highest BCUT2D eigenvalue weighted by atomic mass is 16.7. The number of hydrogen-bond donors (Lipinski definition) is 7. The van der Waals surface area contributed by atoms with Crippen molar-refractivity contribution in [2.24, 2.45) is 0 Å². The Kier molecular flexibility index (Phi) is 17.5. The van der Waals surface area contributed by atoms with Crippen LogP contribution in [0.25, 0.3) is 0 Å². The van der Waals surface area contributed by atoms with E-state index in [0.29, 0.717) is 6.61 Å². The van der Waals surface area contributed by atoms with Crippen LogP contribution < -0.4 is 0 Å². The van der Waals surface area contributed by atoms with Crippen LogP contribution in [0.4, 0.5) is 0 Å². The van der Waals surface area contributed by atoms with Crippen molar-refractivity contribution in [1.29, 1.82) is 0 Å². The minimum absolute atomic E-state index is 0.322. The Balaban J connectivity index is 1.62. The topological polar surface area (TPSA) is 179 Å². The van der Waals surface area contributed by atoms with Gasteiger partial charge in [0.25, 0.3) is 0 Å². The first-order chi connectivity index (χ1) is 18.8. The number of hydrogen-bond acceptors (Lipinski definition) is 11. The number of aliphatic hydroxyl groups is 7. The lowest BCUT2D eigenvalue weighted by Crippen LogP contribution is -2.64. The van der Waals surface area contributed by atoms with Crippen molar-refractivity contribution >= 4 is 0 Å². The van der Waals surface area contributed by atoms with Crippen molar-refractivity contribution in [2.75, 3.05) is 19.8 Å². The van der Waals surface area contributed by atoms with Crippen molar-refractivity contribution < 1.29 is 54.7 Å². The molecule has 11 nitrogen and oxygen atoms in total. The molecule has 2 fully saturated rings.